The molecule has 7 nitrogen and oxygen atoms in total. The van der Waals surface area contributed by atoms with Crippen LogP contribution in [0.25, 0.3) is 0 Å². The smallest absolute Gasteiger partial charge is 0.258 e. The Morgan fingerprint density at radius 3 is 2.64 bits per heavy atom. The van der Waals surface area contributed by atoms with E-state index in [4.69, 9.17) is 4.74 Å². The van der Waals surface area contributed by atoms with Crippen molar-refractivity contribution in [1.29, 1.82) is 0 Å². The first-order chi connectivity index (χ1) is 15.5. The van der Waals surface area contributed by atoms with Crippen LogP contribution in [0.5, 0.6) is 11.5 Å². The average Bonchev–Trinajstić information content (AvgIpc) is 3.59. The van der Waals surface area contributed by atoms with E-state index in [1.807, 2.05) is 18.7 Å². The van der Waals surface area contributed by atoms with Gasteiger partial charge in [-0.3, -0.25) is 4.79 Å². The molecule has 0 unspecified atom stereocenters. The van der Waals surface area contributed by atoms with Crippen molar-refractivity contribution in [2.24, 2.45) is 5.41 Å². The summed E-state index contributed by atoms with van der Waals surface area (Å²) in [5, 5.41) is 3.42. The zero-order valence-corrected chi connectivity index (χ0v) is 19.9. The predicted octanol–water partition coefficient (Wildman–Crippen LogP) is 4.03. The molecular formula is C24H31ClFN5O2. The van der Waals surface area contributed by atoms with Crippen LogP contribution < -0.4 is 15.0 Å². The van der Waals surface area contributed by atoms with Gasteiger partial charge >= 0.3 is 0 Å². The highest BCUT2D eigenvalue weighted by atomic mass is 35.5. The van der Waals surface area contributed by atoms with Crippen LogP contribution in [-0.2, 0) is 0 Å². The Kier molecular flexibility index (Phi) is 6.77. The fourth-order valence-corrected chi connectivity index (χ4v) is 5.00. The van der Waals surface area contributed by atoms with Gasteiger partial charge < -0.3 is 19.9 Å². The maximum absolute atomic E-state index is 14.1. The number of hydrogen-bond donors (Lipinski definition) is 1. The molecule has 1 spiro atoms. The molecule has 9 heteroatoms. The molecule has 3 aliphatic rings. The maximum Gasteiger partial charge on any atom is 0.258 e. The number of anilines is 1. The first-order valence-corrected chi connectivity index (χ1v) is 11.5. The number of rotatable bonds is 6. The van der Waals surface area contributed by atoms with Gasteiger partial charge in [0.25, 0.3) is 5.91 Å². The Balaban J connectivity index is 0.00000259. The number of carbonyl (C=O) groups excluding carboxylic acids is 1. The van der Waals surface area contributed by atoms with Gasteiger partial charge in [0.15, 0.2) is 11.6 Å². The van der Waals surface area contributed by atoms with Crippen LogP contribution in [0.3, 0.4) is 0 Å². The van der Waals surface area contributed by atoms with Crippen molar-refractivity contribution < 1.29 is 13.9 Å². The summed E-state index contributed by atoms with van der Waals surface area (Å²) >= 11 is 0. The van der Waals surface area contributed by atoms with Crippen LogP contribution in [-0.4, -0.2) is 59.0 Å². The molecule has 2 saturated heterocycles. The topological polar surface area (TPSA) is 70.6 Å². The summed E-state index contributed by atoms with van der Waals surface area (Å²) < 4.78 is 20.3. The van der Waals surface area contributed by atoms with Gasteiger partial charge in [0.2, 0.25) is 0 Å². The standard InChI is InChI=1S/C24H30FN5O2.ClH/c1-16(2)30(18-4-5-18)23(31)19-11-17(25)3-6-20(19)32-21-12-27-15-28-22(21)29-13-24(14-29)7-9-26-10-8-24;/h3,6,11-12,15-16,18,26H,4-5,7-10,13-14H2,1-2H3;1H. The normalized spacial score (nSPS) is 19.1. The molecule has 1 saturated carbocycles. The van der Waals surface area contributed by atoms with Crippen LogP contribution in [0.1, 0.15) is 49.9 Å². The lowest BCUT2D eigenvalue weighted by molar-refractivity contribution is 0.0687. The van der Waals surface area contributed by atoms with Gasteiger partial charge in [-0.1, -0.05) is 0 Å². The summed E-state index contributed by atoms with van der Waals surface area (Å²) in [6.07, 6.45) is 7.42. The minimum Gasteiger partial charge on any atom is -0.451 e. The molecule has 5 rings (SSSR count). The highest BCUT2D eigenvalue weighted by molar-refractivity contribution is 5.97. The van der Waals surface area contributed by atoms with Crippen molar-refractivity contribution in [3.63, 3.8) is 0 Å². The van der Waals surface area contributed by atoms with Gasteiger partial charge in [-0.2, -0.15) is 0 Å². The predicted molar refractivity (Wildman–Crippen MR) is 127 cm³/mol. The molecule has 1 amide bonds. The van der Waals surface area contributed by atoms with E-state index < -0.39 is 5.82 Å². The van der Waals surface area contributed by atoms with Crippen molar-refractivity contribution in [1.82, 2.24) is 20.2 Å². The van der Waals surface area contributed by atoms with Crippen LogP contribution in [0.4, 0.5) is 10.2 Å². The Morgan fingerprint density at radius 2 is 1.97 bits per heavy atom. The molecule has 1 aliphatic carbocycles. The Hall–Kier alpha value is -2.45. The number of carbonyl (C=O) groups is 1. The number of ether oxygens (including phenoxy) is 1. The quantitative estimate of drug-likeness (QED) is 0.680. The molecule has 1 N–H and O–H groups in total. The molecule has 2 aromatic rings. The van der Waals surface area contributed by atoms with E-state index in [-0.39, 0.29) is 36.0 Å². The molecule has 0 bridgehead atoms. The lowest BCUT2D eigenvalue weighted by Crippen LogP contribution is -2.60. The largest absolute Gasteiger partial charge is 0.451 e. The molecule has 2 aliphatic heterocycles. The van der Waals surface area contributed by atoms with Gasteiger partial charge in [-0.15, -0.1) is 12.4 Å². The summed E-state index contributed by atoms with van der Waals surface area (Å²) in [4.78, 5) is 26.0. The molecule has 0 atom stereocenters. The molecule has 3 heterocycles. The zero-order valence-electron chi connectivity index (χ0n) is 19.1. The first-order valence-electron chi connectivity index (χ1n) is 11.5. The number of hydrogen-bond acceptors (Lipinski definition) is 6. The fraction of sp³-hybridized carbons (Fsp3) is 0.542. The minimum atomic E-state index is -0.458. The third kappa shape index (κ3) is 4.77. The van der Waals surface area contributed by atoms with Crippen LogP contribution in [0.15, 0.2) is 30.7 Å². The maximum atomic E-state index is 14.1. The minimum absolute atomic E-state index is 0. The van der Waals surface area contributed by atoms with Gasteiger partial charge in [0.1, 0.15) is 17.9 Å². The SMILES string of the molecule is CC(C)N(C(=O)c1cc(F)ccc1Oc1cncnc1N1CC2(CCNCC2)C1)C1CC1.Cl. The van der Waals surface area contributed by atoms with Crippen LogP contribution in [0, 0.1) is 11.2 Å². The number of halogens is 2. The second-order valence-electron chi connectivity index (χ2n) is 9.60. The van der Waals surface area contributed by atoms with E-state index in [2.05, 4.69) is 20.2 Å². The zero-order chi connectivity index (χ0) is 22.3. The third-order valence-electron chi connectivity index (χ3n) is 6.80. The average molecular weight is 476 g/mol. The second kappa shape index (κ2) is 9.43. The summed E-state index contributed by atoms with van der Waals surface area (Å²) in [7, 11) is 0. The first kappa shape index (κ1) is 23.7. The number of amides is 1. The lowest BCUT2D eigenvalue weighted by atomic mass is 9.72. The van der Waals surface area contributed by atoms with Crippen molar-refractivity contribution in [3.05, 3.63) is 42.1 Å². The van der Waals surface area contributed by atoms with E-state index in [0.29, 0.717) is 16.9 Å². The molecule has 1 aromatic carbocycles. The lowest BCUT2D eigenvalue weighted by Gasteiger charge is -2.53. The van der Waals surface area contributed by atoms with Gasteiger partial charge in [-0.05, 0) is 70.8 Å². The number of aromatic nitrogens is 2. The molecular weight excluding hydrogens is 445 g/mol. The number of benzene rings is 1. The summed E-state index contributed by atoms with van der Waals surface area (Å²) in [5.74, 6) is 0.874. The van der Waals surface area contributed by atoms with Crippen molar-refractivity contribution in [2.75, 3.05) is 31.1 Å². The molecule has 0 radical (unpaired) electrons. The monoisotopic (exact) mass is 475 g/mol. The highest BCUT2D eigenvalue weighted by Gasteiger charge is 2.45. The fourth-order valence-electron chi connectivity index (χ4n) is 5.00. The van der Waals surface area contributed by atoms with Crippen LogP contribution >= 0.6 is 12.4 Å². The number of piperidine rings is 1. The van der Waals surface area contributed by atoms with E-state index in [1.165, 1.54) is 24.5 Å². The van der Waals surface area contributed by atoms with E-state index in [1.54, 1.807) is 6.20 Å². The third-order valence-corrected chi connectivity index (χ3v) is 6.80. The van der Waals surface area contributed by atoms with E-state index in [0.717, 1.165) is 57.7 Å². The molecule has 33 heavy (non-hydrogen) atoms. The number of nitrogens with zero attached hydrogens (tertiary/aromatic N) is 4. The van der Waals surface area contributed by atoms with E-state index in [9.17, 15) is 9.18 Å². The summed E-state index contributed by atoms with van der Waals surface area (Å²) in [6, 6.07) is 4.36. The Labute approximate surface area is 200 Å². The van der Waals surface area contributed by atoms with Crippen LogP contribution in [0.2, 0.25) is 0 Å². The summed E-state index contributed by atoms with van der Waals surface area (Å²) in [6.45, 7) is 7.93. The number of nitrogens with one attached hydrogen (secondary N) is 1. The Morgan fingerprint density at radius 1 is 1.24 bits per heavy atom. The van der Waals surface area contributed by atoms with Crippen molar-refractivity contribution in [2.45, 2.75) is 51.6 Å². The van der Waals surface area contributed by atoms with E-state index >= 15 is 0 Å². The highest BCUT2D eigenvalue weighted by Crippen LogP contribution is 2.44. The van der Waals surface area contributed by atoms with Crippen molar-refractivity contribution in [3.8, 4) is 11.5 Å². The molecule has 1 aromatic heterocycles. The van der Waals surface area contributed by atoms with Crippen molar-refractivity contribution >= 4 is 24.1 Å². The second-order valence-corrected chi connectivity index (χ2v) is 9.60. The summed E-state index contributed by atoms with van der Waals surface area (Å²) in [5.41, 5.74) is 0.575. The van der Waals surface area contributed by atoms with Gasteiger partial charge in [0.05, 0.1) is 11.8 Å². The molecule has 178 valence electrons. The van der Waals surface area contributed by atoms with Gasteiger partial charge in [0, 0.05) is 30.6 Å². The van der Waals surface area contributed by atoms with Gasteiger partial charge in [-0.25, -0.2) is 14.4 Å². The molecule has 3 fully saturated rings. The Bertz CT molecular complexity index is 1000.